The lowest BCUT2D eigenvalue weighted by molar-refractivity contribution is -0.120. The maximum atomic E-state index is 12.6. The largest absolute Gasteiger partial charge is 0.508 e. The van der Waals surface area contributed by atoms with Gasteiger partial charge in [0.25, 0.3) is 0 Å². The fraction of sp³-hybridized carbons (Fsp3) is 0.235. The number of hydrogen-bond acceptors (Lipinski definition) is 2. The van der Waals surface area contributed by atoms with E-state index in [2.05, 4.69) is 5.32 Å². The van der Waals surface area contributed by atoms with Gasteiger partial charge in [-0.2, -0.15) is 0 Å². The van der Waals surface area contributed by atoms with Crippen molar-refractivity contribution in [3.8, 4) is 5.75 Å². The highest BCUT2D eigenvalue weighted by Gasteiger charge is 2.30. The second kappa shape index (κ2) is 5.78. The minimum Gasteiger partial charge on any atom is -0.508 e. The first-order valence-electron chi connectivity index (χ1n) is 6.68. The number of aryl methyl sites for hydroxylation is 1. The molecule has 0 fully saturated rings. The van der Waals surface area contributed by atoms with Crippen molar-refractivity contribution >= 4 is 23.2 Å². The van der Waals surface area contributed by atoms with Gasteiger partial charge in [-0.3, -0.25) is 4.79 Å². The summed E-state index contributed by atoms with van der Waals surface area (Å²) in [6.07, 6.45) is 0. The van der Waals surface area contributed by atoms with E-state index < -0.39 is 5.41 Å². The molecule has 110 valence electrons. The molecule has 4 heteroatoms. The van der Waals surface area contributed by atoms with Crippen LogP contribution in [0.1, 0.15) is 25.0 Å². The van der Waals surface area contributed by atoms with Gasteiger partial charge in [0.15, 0.2) is 0 Å². The lowest BCUT2D eigenvalue weighted by Gasteiger charge is -2.25. The molecule has 0 atom stereocenters. The minimum atomic E-state index is -0.713. The zero-order chi connectivity index (χ0) is 15.6. The van der Waals surface area contributed by atoms with Crippen LogP contribution in [0.5, 0.6) is 5.75 Å². The van der Waals surface area contributed by atoms with Crippen molar-refractivity contribution in [2.45, 2.75) is 26.2 Å². The molecule has 21 heavy (non-hydrogen) atoms. The average Bonchev–Trinajstić information content (AvgIpc) is 2.41. The van der Waals surface area contributed by atoms with Gasteiger partial charge < -0.3 is 10.4 Å². The van der Waals surface area contributed by atoms with Crippen molar-refractivity contribution < 1.29 is 9.90 Å². The number of aromatic hydroxyl groups is 1. The van der Waals surface area contributed by atoms with E-state index in [9.17, 15) is 9.90 Å². The molecule has 1 amide bonds. The lowest BCUT2D eigenvalue weighted by atomic mass is 9.83. The van der Waals surface area contributed by atoms with Crippen LogP contribution in [-0.4, -0.2) is 11.0 Å². The first kappa shape index (κ1) is 15.4. The van der Waals surface area contributed by atoms with Gasteiger partial charge in [0.2, 0.25) is 5.91 Å². The molecule has 0 aliphatic carbocycles. The van der Waals surface area contributed by atoms with Crippen LogP contribution in [0.25, 0.3) is 0 Å². The number of phenolic OH excluding ortho intramolecular Hbond substituents is 1. The van der Waals surface area contributed by atoms with Crippen LogP contribution in [0.15, 0.2) is 42.5 Å². The second-order valence-electron chi connectivity index (χ2n) is 5.59. The fourth-order valence-electron chi connectivity index (χ4n) is 2.07. The van der Waals surface area contributed by atoms with Gasteiger partial charge in [-0.1, -0.05) is 23.7 Å². The highest BCUT2D eigenvalue weighted by atomic mass is 35.5. The number of carbonyl (C=O) groups is 1. The summed E-state index contributed by atoms with van der Waals surface area (Å²) in [5.74, 6) is 0.0538. The minimum absolute atomic E-state index is 0.126. The molecular formula is C17H18ClNO2. The highest BCUT2D eigenvalue weighted by Crippen LogP contribution is 2.28. The quantitative estimate of drug-likeness (QED) is 0.832. The molecule has 2 rings (SSSR count). The summed E-state index contributed by atoms with van der Waals surface area (Å²) in [4.78, 5) is 12.6. The first-order valence-corrected chi connectivity index (χ1v) is 7.05. The summed E-state index contributed by atoms with van der Waals surface area (Å²) in [6.45, 7) is 5.54. The Hall–Kier alpha value is -2.00. The summed E-state index contributed by atoms with van der Waals surface area (Å²) in [5.41, 5.74) is 1.64. The van der Waals surface area contributed by atoms with Crippen LogP contribution in [0, 0.1) is 6.92 Å². The molecule has 0 heterocycles. The van der Waals surface area contributed by atoms with Crippen LogP contribution in [-0.2, 0) is 10.2 Å². The van der Waals surface area contributed by atoms with Gasteiger partial charge in [-0.05, 0) is 62.2 Å². The molecular weight excluding hydrogens is 286 g/mol. The van der Waals surface area contributed by atoms with E-state index in [4.69, 9.17) is 11.6 Å². The number of rotatable bonds is 3. The van der Waals surface area contributed by atoms with Crippen LogP contribution in [0.4, 0.5) is 5.69 Å². The van der Waals surface area contributed by atoms with E-state index >= 15 is 0 Å². The number of benzene rings is 2. The van der Waals surface area contributed by atoms with Crippen molar-refractivity contribution in [1.29, 1.82) is 0 Å². The van der Waals surface area contributed by atoms with E-state index in [-0.39, 0.29) is 11.7 Å². The maximum absolute atomic E-state index is 12.6. The highest BCUT2D eigenvalue weighted by molar-refractivity contribution is 6.30. The Labute approximate surface area is 129 Å². The van der Waals surface area contributed by atoms with Gasteiger partial charge in [0.1, 0.15) is 5.75 Å². The summed E-state index contributed by atoms with van der Waals surface area (Å²) in [5, 5.41) is 12.9. The van der Waals surface area contributed by atoms with Crippen molar-refractivity contribution in [3.63, 3.8) is 0 Å². The number of hydrogen-bond donors (Lipinski definition) is 2. The van der Waals surface area contributed by atoms with Crippen LogP contribution >= 0.6 is 11.6 Å². The van der Waals surface area contributed by atoms with E-state index in [1.165, 1.54) is 0 Å². The molecule has 3 nitrogen and oxygen atoms in total. The number of amides is 1. The molecule has 0 aliphatic rings. The van der Waals surface area contributed by atoms with Gasteiger partial charge in [0, 0.05) is 10.7 Å². The maximum Gasteiger partial charge on any atom is 0.234 e. The van der Waals surface area contributed by atoms with E-state index in [0.717, 1.165) is 11.1 Å². The third-order valence-corrected chi connectivity index (χ3v) is 3.81. The lowest BCUT2D eigenvalue weighted by Crippen LogP contribution is -2.34. The SMILES string of the molecule is Cc1cc(O)ccc1NC(=O)C(C)(C)c1cccc(Cl)c1. The third kappa shape index (κ3) is 3.37. The standard InChI is InChI=1S/C17H18ClNO2/c1-11-9-14(20)7-8-15(11)19-16(21)17(2,3)12-5-4-6-13(18)10-12/h4-10,20H,1-3H3,(H,19,21). The van der Waals surface area contributed by atoms with Gasteiger partial charge in [-0.15, -0.1) is 0 Å². The van der Waals surface area contributed by atoms with Crippen molar-refractivity contribution in [2.24, 2.45) is 0 Å². The molecule has 0 radical (unpaired) electrons. The summed E-state index contributed by atoms with van der Waals surface area (Å²) in [6, 6.07) is 12.1. The van der Waals surface area contributed by atoms with Crippen molar-refractivity contribution in [3.05, 3.63) is 58.6 Å². The smallest absolute Gasteiger partial charge is 0.234 e. The Morgan fingerprint density at radius 2 is 1.90 bits per heavy atom. The zero-order valence-electron chi connectivity index (χ0n) is 12.3. The number of anilines is 1. The Bertz CT molecular complexity index is 680. The molecule has 0 saturated heterocycles. The van der Waals surface area contributed by atoms with Crippen molar-refractivity contribution in [1.82, 2.24) is 0 Å². The Morgan fingerprint density at radius 3 is 2.52 bits per heavy atom. The first-order chi connectivity index (χ1) is 9.80. The monoisotopic (exact) mass is 303 g/mol. The number of halogens is 1. The molecule has 2 N–H and O–H groups in total. The van der Waals surface area contributed by atoms with Crippen molar-refractivity contribution in [2.75, 3.05) is 5.32 Å². The van der Waals surface area contributed by atoms with Gasteiger partial charge >= 0.3 is 0 Å². The number of carbonyl (C=O) groups excluding carboxylic acids is 1. The molecule has 0 aromatic heterocycles. The molecule has 0 aliphatic heterocycles. The van der Waals surface area contributed by atoms with E-state index in [1.807, 2.05) is 32.9 Å². The molecule has 2 aromatic carbocycles. The van der Waals surface area contributed by atoms with Crippen LogP contribution in [0.3, 0.4) is 0 Å². The summed E-state index contributed by atoms with van der Waals surface area (Å²) in [7, 11) is 0. The van der Waals surface area contributed by atoms with E-state index in [1.54, 1.807) is 30.3 Å². The second-order valence-corrected chi connectivity index (χ2v) is 6.03. The average molecular weight is 304 g/mol. The predicted octanol–water partition coefficient (Wildman–Crippen LogP) is 4.27. The third-order valence-electron chi connectivity index (χ3n) is 3.57. The number of phenols is 1. The van der Waals surface area contributed by atoms with Crippen LogP contribution < -0.4 is 5.32 Å². The van der Waals surface area contributed by atoms with E-state index in [0.29, 0.717) is 10.7 Å². The van der Waals surface area contributed by atoms with Gasteiger partial charge in [0.05, 0.1) is 5.41 Å². The Morgan fingerprint density at radius 1 is 1.19 bits per heavy atom. The summed E-state index contributed by atoms with van der Waals surface area (Å²) < 4.78 is 0. The summed E-state index contributed by atoms with van der Waals surface area (Å²) >= 11 is 6.00. The molecule has 0 saturated carbocycles. The number of nitrogens with one attached hydrogen (secondary N) is 1. The molecule has 0 unspecified atom stereocenters. The van der Waals surface area contributed by atoms with Crippen LogP contribution in [0.2, 0.25) is 5.02 Å². The zero-order valence-corrected chi connectivity index (χ0v) is 13.0. The Kier molecular flexibility index (Phi) is 4.24. The molecule has 0 spiro atoms. The van der Waals surface area contributed by atoms with Gasteiger partial charge in [-0.25, -0.2) is 0 Å². The predicted molar refractivity (Wildman–Crippen MR) is 86.0 cm³/mol. The topological polar surface area (TPSA) is 49.3 Å². The fourth-order valence-corrected chi connectivity index (χ4v) is 2.27. The molecule has 0 bridgehead atoms. The molecule has 2 aromatic rings. The Balaban J connectivity index is 2.26. The normalized spacial score (nSPS) is 11.2.